The molecule has 0 aliphatic carbocycles. The van der Waals surface area contributed by atoms with E-state index in [0.717, 1.165) is 0 Å². The lowest BCUT2D eigenvalue weighted by Crippen LogP contribution is -2.27. The van der Waals surface area contributed by atoms with Gasteiger partial charge in [-0.3, -0.25) is 0 Å². The van der Waals surface area contributed by atoms with Gasteiger partial charge in [-0.25, -0.2) is 8.78 Å². The summed E-state index contributed by atoms with van der Waals surface area (Å²) in [6.45, 7) is 2.38. The predicted octanol–water partition coefficient (Wildman–Crippen LogP) is 2.84. The van der Waals surface area contributed by atoms with E-state index in [-0.39, 0.29) is 11.6 Å². The van der Waals surface area contributed by atoms with Crippen LogP contribution < -0.4 is 10.6 Å². The van der Waals surface area contributed by atoms with E-state index in [4.69, 9.17) is 0 Å². The van der Waals surface area contributed by atoms with Crippen LogP contribution in [0.25, 0.3) is 0 Å². The first kappa shape index (κ1) is 14.6. The maximum atomic E-state index is 13.3. The summed E-state index contributed by atoms with van der Waals surface area (Å²) in [6, 6.07) is 13.4. The van der Waals surface area contributed by atoms with Crippen molar-refractivity contribution in [3.05, 3.63) is 71.3 Å². The molecule has 0 aromatic heterocycles. The van der Waals surface area contributed by atoms with Crippen LogP contribution in [0.1, 0.15) is 11.1 Å². The Hall–Kier alpha value is -1.78. The highest BCUT2D eigenvalue weighted by Crippen LogP contribution is 2.06. The third kappa shape index (κ3) is 4.40. The van der Waals surface area contributed by atoms with Crippen LogP contribution >= 0.6 is 0 Å². The monoisotopic (exact) mass is 276 g/mol. The second-order valence-corrected chi connectivity index (χ2v) is 4.54. The average molecular weight is 276 g/mol. The summed E-state index contributed by atoms with van der Waals surface area (Å²) >= 11 is 0. The molecule has 0 spiro atoms. The normalized spacial score (nSPS) is 10.7. The lowest BCUT2D eigenvalue weighted by atomic mass is 10.2. The minimum atomic E-state index is -0.195. The first-order valence-corrected chi connectivity index (χ1v) is 6.65. The molecule has 2 N–H and O–H groups in total. The third-order valence-electron chi connectivity index (χ3n) is 3.03. The summed E-state index contributed by atoms with van der Waals surface area (Å²) in [6.07, 6.45) is 0. The average Bonchev–Trinajstić information content (AvgIpc) is 2.46. The van der Waals surface area contributed by atoms with Crippen molar-refractivity contribution in [2.75, 3.05) is 13.1 Å². The van der Waals surface area contributed by atoms with Crippen molar-refractivity contribution in [1.82, 2.24) is 10.6 Å². The largest absolute Gasteiger partial charge is 0.311 e. The van der Waals surface area contributed by atoms with Crippen LogP contribution in [-0.2, 0) is 13.1 Å². The number of halogens is 2. The van der Waals surface area contributed by atoms with Gasteiger partial charge in [-0.1, -0.05) is 36.4 Å². The zero-order valence-electron chi connectivity index (χ0n) is 11.2. The van der Waals surface area contributed by atoms with E-state index >= 15 is 0 Å². The molecular weight excluding hydrogens is 258 g/mol. The summed E-state index contributed by atoms with van der Waals surface area (Å²) in [5, 5.41) is 6.29. The van der Waals surface area contributed by atoms with Crippen molar-refractivity contribution in [3.8, 4) is 0 Å². The Morgan fingerprint density at radius 1 is 0.650 bits per heavy atom. The maximum Gasteiger partial charge on any atom is 0.127 e. The molecule has 2 aromatic carbocycles. The number of benzene rings is 2. The van der Waals surface area contributed by atoms with Crippen LogP contribution in [0, 0.1) is 11.6 Å². The van der Waals surface area contributed by atoms with Crippen molar-refractivity contribution in [2.24, 2.45) is 0 Å². The molecule has 0 aliphatic heterocycles. The van der Waals surface area contributed by atoms with Crippen LogP contribution in [-0.4, -0.2) is 13.1 Å². The lowest BCUT2D eigenvalue weighted by molar-refractivity contribution is 0.561. The van der Waals surface area contributed by atoms with Crippen LogP contribution in [0.2, 0.25) is 0 Å². The predicted molar refractivity (Wildman–Crippen MR) is 76.2 cm³/mol. The summed E-state index contributed by atoms with van der Waals surface area (Å²) in [7, 11) is 0. The quantitative estimate of drug-likeness (QED) is 0.760. The fourth-order valence-corrected chi connectivity index (χ4v) is 1.91. The SMILES string of the molecule is Fc1ccccc1CNCCNCc1ccccc1F. The van der Waals surface area contributed by atoms with Gasteiger partial charge < -0.3 is 10.6 Å². The topological polar surface area (TPSA) is 24.1 Å². The Labute approximate surface area is 117 Å². The Morgan fingerprint density at radius 2 is 1.05 bits per heavy atom. The second kappa shape index (κ2) is 7.72. The summed E-state index contributed by atoms with van der Waals surface area (Å²) in [4.78, 5) is 0. The molecule has 0 heterocycles. The molecule has 0 radical (unpaired) electrons. The van der Waals surface area contributed by atoms with Gasteiger partial charge >= 0.3 is 0 Å². The van der Waals surface area contributed by atoms with Crippen molar-refractivity contribution in [1.29, 1.82) is 0 Å². The van der Waals surface area contributed by atoms with Gasteiger partial charge in [-0.2, -0.15) is 0 Å². The lowest BCUT2D eigenvalue weighted by Gasteiger charge is -2.08. The van der Waals surface area contributed by atoms with Crippen molar-refractivity contribution < 1.29 is 8.78 Å². The zero-order chi connectivity index (χ0) is 14.2. The smallest absolute Gasteiger partial charge is 0.127 e. The second-order valence-electron chi connectivity index (χ2n) is 4.54. The van der Waals surface area contributed by atoms with E-state index in [2.05, 4.69) is 10.6 Å². The van der Waals surface area contributed by atoms with Gasteiger partial charge in [0.25, 0.3) is 0 Å². The molecule has 106 valence electrons. The number of nitrogens with one attached hydrogen (secondary N) is 2. The number of hydrogen-bond acceptors (Lipinski definition) is 2. The van der Waals surface area contributed by atoms with E-state index in [0.29, 0.717) is 37.3 Å². The summed E-state index contributed by atoms with van der Waals surface area (Å²) < 4.78 is 26.7. The molecule has 0 saturated heterocycles. The molecule has 2 rings (SSSR count). The highest BCUT2D eigenvalue weighted by atomic mass is 19.1. The van der Waals surface area contributed by atoms with Crippen LogP contribution in [0.5, 0.6) is 0 Å². The fourth-order valence-electron chi connectivity index (χ4n) is 1.91. The highest BCUT2D eigenvalue weighted by Gasteiger charge is 2.00. The standard InChI is InChI=1S/C16H18F2N2/c17-15-7-3-1-5-13(15)11-19-9-10-20-12-14-6-2-4-8-16(14)18/h1-8,19-20H,9-12H2. The molecule has 2 nitrogen and oxygen atoms in total. The maximum absolute atomic E-state index is 13.3. The minimum absolute atomic E-state index is 0.195. The van der Waals surface area contributed by atoms with Crippen molar-refractivity contribution in [2.45, 2.75) is 13.1 Å². The van der Waals surface area contributed by atoms with Crippen molar-refractivity contribution in [3.63, 3.8) is 0 Å². The third-order valence-corrected chi connectivity index (χ3v) is 3.03. The highest BCUT2D eigenvalue weighted by molar-refractivity contribution is 5.17. The Morgan fingerprint density at radius 3 is 1.45 bits per heavy atom. The van der Waals surface area contributed by atoms with E-state index in [1.165, 1.54) is 12.1 Å². The van der Waals surface area contributed by atoms with E-state index in [1.807, 2.05) is 12.1 Å². The summed E-state index contributed by atoms with van der Waals surface area (Å²) in [5.41, 5.74) is 1.31. The number of rotatable bonds is 7. The fraction of sp³-hybridized carbons (Fsp3) is 0.250. The van der Waals surface area contributed by atoms with Crippen LogP contribution in [0.4, 0.5) is 8.78 Å². The van der Waals surface area contributed by atoms with Gasteiger partial charge in [0.1, 0.15) is 11.6 Å². The first-order valence-electron chi connectivity index (χ1n) is 6.65. The molecule has 4 heteroatoms. The molecule has 0 amide bonds. The van der Waals surface area contributed by atoms with Gasteiger partial charge in [0.15, 0.2) is 0 Å². The van der Waals surface area contributed by atoms with Gasteiger partial charge in [-0.05, 0) is 12.1 Å². The molecule has 0 aliphatic rings. The Balaban J connectivity index is 1.63. The molecule has 0 fully saturated rings. The number of hydrogen-bond donors (Lipinski definition) is 2. The molecule has 0 unspecified atom stereocenters. The van der Waals surface area contributed by atoms with Crippen molar-refractivity contribution >= 4 is 0 Å². The van der Waals surface area contributed by atoms with Gasteiger partial charge in [-0.15, -0.1) is 0 Å². The van der Waals surface area contributed by atoms with Gasteiger partial charge in [0.2, 0.25) is 0 Å². The molecule has 0 saturated carbocycles. The molecule has 0 bridgehead atoms. The first-order chi connectivity index (χ1) is 9.77. The van der Waals surface area contributed by atoms with Gasteiger partial charge in [0, 0.05) is 37.3 Å². The minimum Gasteiger partial charge on any atom is -0.311 e. The van der Waals surface area contributed by atoms with Crippen LogP contribution in [0.3, 0.4) is 0 Å². The van der Waals surface area contributed by atoms with E-state index < -0.39 is 0 Å². The summed E-state index contributed by atoms with van der Waals surface area (Å²) in [5.74, 6) is -0.390. The molecular formula is C16H18F2N2. The zero-order valence-corrected chi connectivity index (χ0v) is 11.2. The molecule has 20 heavy (non-hydrogen) atoms. The molecule has 2 aromatic rings. The van der Waals surface area contributed by atoms with E-state index in [1.54, 1.807) is 24.3 Å². The molecule has 0 atom stereocenters. The van der Waals surface area contributed by atoms with Gasteiger partial charge in [0.05, 0.1) is 0 Å². The van der Waals surface area contributed by atoms with Crippen LogP contribution in [0.15, 0.2) is 48.5 Å². The Kier molecular flexibility index (Phi) is 5.65. The Bertz CT molecular complexity index is 494. The van der Waals surface area contributed by atoms with E-state index in [9.17, 15) is 8.78 Å².